The number of hydrogen-bond acceptors (Lipinski definition) is 1. The van der Waals surface area contributed by atoms with Gasteiger partial charge >= 0.3 is 6.18 Å². The second-order valence-corrected chi connectivity index (χ2v) is 5.48. The molecule has 1 unspecified atom stereocenters. The number of carbonyl (C=O) groups excluding carboxylic acids is 1. The van der Waals surface area contributed by atoms with Gasteiger partial charge in [0.1, 0.15) is 0 Å². The van der Waals surface area contributed by atoms with Gasteiger partial charge in [-0.1, -0.05) is 22.9 Å². The van der Waals surface area contributed by atoms with Gasteiger partial charge in [-0.3, -0.25) is 4.79 Å². The van der Waals surface area contributed by atoms with Crippen LogP contribution in [0.1, 0.15) is 35.7 Å². The van der Waals surface area contributed by atoms with E-state index in [0.29, 0.717) is 18.7 Å². The molecule has 0 bridgehead atoms. The van der Waals surface area contributed by atoms with Gasteiger partial charge in [-0.15, -0.1) is 11.6 Å². The molecule has 0 aliphatic rings. The van der Waals surface area contributed by atoms with E-state index in [1.165, 1.54) is 12.1 Å². The number of benzene rings is 1. The van der Waals surface area contributed by atoms with E-state index in [0.717, 1.165) is 6.07 Å². The molecule has 0 heterocycles. The summed E-state index contributed by atoms with van der Waals surface area (Å²) >= 11 is 8.44. The van der Waals surface area contributed by atoms with Crippen LogP contribution in [0, 0.1) is 0 Å². The molecular weight excluding hydrogens is 358 g/mol. The molecule has 1 aromatic carbocycles. The predicted molar refractivity (Wildman–Crippen MR) is 76.0 cm³/mol. The third-order valence-electron chi connectivity index (χ3n) is 2.82. The third-order valence-corrected chi connectivity index (χ3v) is 3.73. The lowest BCUT2D eigenvalue weighted by molar-refractivity contribution is -0.138. The van der Waals surface area contributed by atoms with Crippen LogP contribution < -0.4 is 5.32 Å². The standard InChI is InChI=1S/C13H14BrClF3NO/c1-2-9(5-6-15)19-12(20)8-3-4-11(14)10(7-8)13(16,17)18/h3-4,7,9H,2,5-6H2,1H3,(H,19,20). The molecular formula is C13H14BrClF3NO. The molecule has 2 nitrogen and oxygen atoms in total. The number of nitrogens with one attached hydrogen (secondary N) is 1. The van der Waals surface area contributed by atoms with Gasteiger partial charge in [-0.2, -0.15) is 13.2 Å². The molecule has 0 aliphatic carbocycles. The molecule has 1 aromatic rings. The summed E-state index contributed by atoms with van der Waals surface area (Å²) in [6, 6.07) is 3.27. The first-order valence-electron chi connectivity index (χ1n) is 6.03. The molecule has 0 saturated carbocycles. The zero-order valence-corrected chi connectivity index (χ0v) is 13.1. The van der Waals surface area contributed by atoms with Gasteiger partial charge in [-0.25, -0.2) is 0 Å². The number of amides is 1. The highest BCUT2D eigenvalue weighted by Crippen LogP contribution is 2.35. The molecule has 1 N–H and O–H groups in total. The fourth-order valence-corrected chi connectivity index (χ4v) is 2.40. The Morgan fingerprint density at radius 2 is 2.10 bits per heavy atom. The van der Waals surface area contributed by atoms with Crippen LogP contribution in [0.5, 0.6) is 0 Å². The number of halogens is 5. The van der Waals surface area contributed by atoms with Gasteiger partial charge in [0.15, 0.2) is 0 Å². The summed E-state index contributed by atoms with van der Waals surface area (Å²) in [5.74, 6) is -0.146. The Hall–Kier alpha value is -0.750. The van der Waals surface area contributed by atoms with Crippen molar-refractivity contribution in [2.24, 2.45) is 0 Å². The van der Waals surface area contributed by atoms with E-state index in [1.54, 1.807) is 0 Å². The number of alkyl halides is 4. The SMILES string of the molecule is CCC(CCCl)NC(=O)c1ccc(Br)c(C(F)(F)F)c1. The summed E-state index contributed by atoms with van der Waals surface area (Å²) in [7, 11) is 0. The second-order valence-electron chi connectivity index (χ2n) is 4.25. The smallest absolute Gasteiger partial charge is 0.349 e. The van der Waals surface area contributed by atoms with Crippen molar-refractivity contribution in [2.75, 3.05) is 5.88 Å². The Morgan fingerprint density at radius 1 is 1.45 bits per heavy atom. The van der Waals surface area contributed by atoms with E-state index >= 15 is 0 Å². The fraction of sp³-hybridized carbons (Fsp3) is 0.462. The van der Waals surface area contributed by atoms with E-state index in [9.17, 15) is 18.0 Å². The summed E-state index contributed by atoms with van der Waals surface area (Å²) < 4.78 is 38.2. The molecule has 20 heavy (non-hydrogen) atoms. The number of hydrogen-bond donors (Lipinski definition) is 1. The summed E-state index contributed by atoms with van der Waals surface area (Å²) in [5.41, 5.74) is -0.885. The maximum Gasteiger partial charge on any atom is 0.417 e. The quantitative estimate of drug-likeness (QED) is 0.752. The molecule has 0 aliphatic heterocycles. The van der Waals surface area contributed by atoms with E-state index in [1.807, 2.05) is 6.92 Å². The Labute approximate surface area is 128 Å². The van der Waals surface area contributed by atoms with Gasteiger partial charge in [0.2, 0.25) is 0 Å². The first-order chi connectivity index (χ1) is 9.29. The first-order valence-corrected chi connectivity index (χ1v) is 7.36. The maximum atomic E-state index is 12.8. The minimum Gasteiger partial charge on any atom is -0.349 e. The van der Waals surface area contributed by atoms with Crippen LogP contribution in [0.25, 0.3) is 0 Å². The largest absolute Gasteiger partial charge is 0.417 e. The molecule has 0 aromatic heterocycles. The van der Waals surface area contributed by atoms with Crippen molar-refractivity contribution in [3.63, 3.8) is 0 Å². The van der Waals surface area contributed by atoms with Crippen LogP contribution >= 0.6 is 27.5 Å². The lowest BCUT2D eigenvalue weighted by Gasteiger charge is -2.16. The summed E-state index contributed by atoms with van der Waals surface area (Å²) in [4.78, 5) is 11.9. The zero-order valence-electron chi connectivity index (χ0n) is 10.7. The normalized spacial score (nSPS) is 13.1. The van der Waals surface area contributed by atoms with Crippen LogP contribution in [-0.4, -0.2) is 17.8 Å². The molecule has 1 amide bonds. The first kappa shape index (κ1) is 17.3. The monoisotopic (exact) mass is 371 g/mol. The van der Waals surface area contributed by atoms with Gasteiger partial charge in [0, 0.05) is 22.0 Å². The van der Waals surface area contributed by atoms with Crippen molar-refractivity contribution in [3.8, 4) is 0 Å². The number of rotatable bonds is 5. The van der Waals surface area contributed by atoms with Gasteiger partial charge in [-0.05, 0) is 31.0 Å². The Balaban J connectivity index is 2.94. The summed E-state index contributed by atoms with van der Waals surface area (Å²) in [5, 5.41) is 2.68. The minimum absolute atomic E-state index is 0.0199. The van der Waals surface area contributed by atoms with Crippen molar-refractivity contribution in [2.45, 2.75) is 32.0 Å². The van der Waals surface area contributed by atoms with Gasteiger partial charge in [0.05, 0.1) is 5.56 Å². The van der Waals surface area contributed by atoms with E-state index in [4.69, 9.17) is 11.6 Å². The number of carbonyl (C=O) groups is 1. The Morgan fingerprint density at radius 3 is 2.60 bits per heavy atom. The molecule has 112 valence electrons. The Bertz CT molecular complexity index is 479. The highest BCUT2D eigenvalue weighted by atomic mass is 79.9. The zero-order chi connectivity index (χ0) is 15.3. The van der Waals surface area contributed by atoms with Gasteiger partial charge < -0.3 is 5.32 Å². The molecule has 1 rings (SSSR count). The van der Waals surface area contributed by atoms with Crippen LogP contribution in [0.2, 0.25) is 0 Å². The van der Waals surface area contributed by atoms with E-state index in [-0.39, 0.29) is 16.1 Å². The lowest BCUT2D eigenvalue weighted by atomic mass is 10.1. The fourth-order valence-electron chi connectivity index (χ4n) is 1.66. The Kier molecular flexibility index (Phi) is 6.33. The van der Waals surface area contributed by atoms with E-state index in [2.05, 4.69) is 21.2 Å². The average Bonchev–Trinajstić information content (AvgIpc) is 2.37. The summed E-state index contributed by atoms with van der Waals surface area (Å²) in [6.07, 6.45) is -3.26. The molecule has 0 spiro atoms. The topological polar surface area (TPSA) is 29.1 Å². The van der Waals surface area contributed by atoms with Crippen LogP contribution in [0.4, 0.5) is 13.2 Å². The molecule has 1 atom stereocenters. The second kappa shape index (κ2) is 7.31. The third kappa shape index (κ3) is 4.66. The van der Waals surface area contributed by atoms with Crippen molar-refractivity contribution in [3.05, 3.63) is 33.8 Å². The summed E-state index contributed by atoms with van der Waals surface area (Å²) in [6.45, 7) is 1.88. The molecule has 0 saturated heterocycles. The van der Waals surface area contributed by atoms with Crippen LogP contribution in [-0.2, 0) is 6.18 Å². The molecule has 0 radical (unpaired) electrons. The highest BCUT2D eigenvalue weighted by Gasteiger charge is 2.33. The van der Waals surface area contributed by atoms with Crippen molar-refractivity contribution < 1.29 is 18.0 Å². The van der Waals surface area contributed by atoms with Crippen molar-refractivity contribution in [1.82, 2.24) is 5.32 Å². The lowest BCUT2D eigenvalue weighted by Crippen LogP contribution is -2.34. The maximum absolute atomic E-state index is 12.8. The highest BCUT2D eigenvalue weighted by molar-refractivity contribution is 9.10. The van der Waals surface area contributed by atoms with Crippen molar-refractivity contribution >= 4 is 33.4 Å². The van der Waals surface area contributed by atoms with Crippen LogP contribution in [0.3, 0.4) is 0 Å². The minimum atomic E-state index is -4.50. The molecule has 7 heteroatoms. The predicted octanol–water partition coefficient (Wildman–Crippen LogP) is 4.61. The van der Waals surface area contributed by atoms with Crippen molar-refractivity contribution in [1.29, 1.82) is 0 Å². The van der Waals surface area contributed by atoms with Gasteiger partial charge in [0.25, 0.3) is 5.91 Å². The molecule has 0 fully saturated rings. The van der Waals surface area contributed by atoms with E-state index < -0.39 is 17.6 Å². The average molecular weight is 373 g/mol. The van der Waals surface area contributed by atoms with Crippen LogP contribution in [0.15, 0.2) is 22.7 Å².